The number of nitrogens with zero attached hydrogens (tertiary/aromatic N) is 2. The zero-order valence-corrected chi connectivity index (χ0v) is 18.4. The molecule has 0 unspecified atom stereocenters. The van der Waals surface area contributed by atoms with E-state index in [1.54, 1.807) is 24.9 Å². The van der Waals surface area contributed by atoms with Gasteiger partial charge in [0, 0.05) is 54.1 Å². The van der Waals surface area contributed by atoms with Gasteiger partial charge in [0.25, 0.3) is 0 Å². The molecule has 2 aromatic carbocycles. The molecule has 6 heteroatoms. The van der Waals surface area contributed by atoms with Crippen molar-refractivity contribution < 1.29 is 13.9 Å². The van der Waals surface area contributed by atoms with Gasteiger partial charge in [-0.2, -0.15) is 0 Å². The van der Waals surface area contributed by atoms with E-state index < -0.39 is 0 Å². The number of aromatic nitrogens is 2. The molecular weight excluding hydrogens is 402 g/mol. The number of rotatable bonds is 9. The molecule has 0 aliphatic heterocycles. The van der Waals surface area contributed by atoms with Crippen molar-refractivity contribution in [2.24, 2.45) is 0 Å². The Morgan fingerprint density at radius 1 is 1.25 bits per heavy atom. The highest BCUT2D eigenvalue weighted by Crippen LogP contribution is 2.37. The molecule has 0 atom stereocenters. The highest BCUT2D eigenvalue weighted by Gasteiger charge is 2.15. The zero-order chi connectivity index (χ0) is 22.3. The number of nitrogens with one attached hydrogen (secondary N) is 1. The summed E-state index contributed by atoms with van der Waals surface area (Å²) in [7, 11) is 0. The molecule has 6 nitrogen and oxygen atoms in total. The fourth-order valence-corrected chi connectivity index (χ4v) is 3.70. The van der Waals surface area contributed by atoms with Crippen LogP contribution in [0.25, 0.3) is 27.7 Å². The average molecular weight is 430 g/mol. The van der Waals surface area contributed by atoms with Crippen LogP contribution < -0.4 is 10.1 Å². The molecule has 4 rings (SSSR count). The number of benzene rings is 2. The van der Waals surface area contributed by atoms with E-state index in [9.17, 15) is 4.79 Å². The number of allylic oxidation sites excluding steroid dienone is 1. The maximum absolute atomic E-state index is 12.5. The first-order valence-corrected chi connectivity index (χ1v) is 10.8. The van der Waals surface area contributed by atoms with Crippen molar-refractivity contribution in [1.29, 1.82) is 0 Å². The summed E-state index contributed by atoms with van der Waals surface area (Å²) < 4.78 is 13.7. The fourth-order valence-electron chi connectivity index (χ4n) is 3.70. The van der Waals surface area contributed by atoms with Gasteiger partial charge in [-0.25, -0.2) is 4.98 Å². The molecule has 0 radical (unpaired) electrons. The molecule has 32 heavy (non-hydrogen) atoms. The second kappa shape index (κ2) is 10.0. The molecular formula is C26H27N3O3. The van der Waals surface area contributed by atoms with E-state index in [-0.39, 0.29) is 5.91 Å². The molecule has 4 aromatic rings. The van der Waals surface area contributed by atoms with E-state index in [1.807, 2.05) is 54.9 Å². The first kappa shape index (κ1) is 21.4. The van der Waals surface area contributed by atoms with Crippen LogP contribution in [0.15, 0.2) is 77.9 Å². The number of ether oxygens (including phenoxy) is 1. The van der Waals surface area contributed by atoms with Gasteiger partial charge in [-0.05, 0) is 37.5 Å². The van der Waals surface area contributed by atoms with Gasteiger partial charge >= 0.3 is 0 Å². The Bertz CT molecular complexity index is 1210. The lowest BCUT2D eigenvalue weighted by Crippen LogP contribution is -2.23. The molecule has 0 bridgehead atoms. The highest BCUT2D eigenvalue weighted by atomic mass is 16.5. The number of carbonyl (C=O) groups is 1. The minimum atomic E-state index is -0.119. The van der Waals surface area contributed by atoms with E-state index in [0.29, 0.717) is 18.9 Å². The lowest BCUT2D eigenvalue weighted by Gasteiger charge is -2.12. The van der Waals surface area contributed by atoms with Crippen LogP contribution in [0.3, 0.4) is 0 Å². The van der Waals surface area contributed by atoms with Crippen LogP contribution in [0.1, 0.15) is 25.8 Å². The van der Waals surface area contributed by atoms with Crippen LogP contribution in [0, 0.1) is 0 Å². The van der Waals surface area contributed by atoms with Crippen molar-refractivity contribution >= 4 is 22.4 Å². The van der Waals surface area contributed by atoms with Gasteiger partial charge in [0.2, 0.25) is 5.91 Å². The summed E-state index contributed by atoms with van der Waals surface area (Å²) in [4.78, 5) is 16.5. The summed E-state index contributed by atoms with van der Waals surface area (Å²) in [5.41, 5.74) is 4.57. The van der Waals surface area contributed by atoms with Crippen molar-refractivity contribution in [3.05, 3.63) is 79.1 Å². The van der Waals surface area contributed by atoms with Gasteiger partial charge in [-0.1, -0.05) is 30.3 Å². The van der Waals surface area contributed by atoms with Crippen molar-refractivity contribution in [1.82, 2.24) is 14.9 Å². The SMILES string of the molecule is CCOc1cc2occ(-c3ccccc3)c2cc1/C(C)=C/C(=O)NCCCn1ccnc1. The van der Waals surface area contributed by atoms with Crippen LogP contribution in [-0.4, -0.2) is 28.6 Å². The van der Waals surface area contributed by atoms with Crippen LogP contribution in [0.5, 0.6) is 5.75 Å². The Morgan fingerprint density at radius 2 is 2.09 bits per heavy atom. The summed E-state index contributed by atoms with van der Waals surface area (Å²) in [6, 6.07) is 14.1. The zero-order valence-electron chi connectivity index (χ0n) is 18.4. The number of aryl methyl sites for hydroxylation is 1. The third kappa shape index (κ3) is 4.91. The monoisotopic (exact) mass is 429 g/mol. The number of fused-ring (bicyclic) bond motifs is 1. The molecule has 2 aromatic heterocycles. The second-order valence-electron chi connectivity index (χ2n) is 7.57. The summed E-state index contributed by atoms with van der Waals surface area (Å²) in [5.74, 6) is 0.585. The molecule has 164 valence electrons. The van der Waals surface area contributed by atoms with E-state index in [4.69, 9.17) is 9.15 Å². The summed E-state index contributed by atoms with van der Waals surface area (Å²) in [6.07, 6.45) is 9.67. The number of amides is 1. The number of imidazole rings is 1. The van der Waals surface area contributed by atoms with Crippen LogP contribution in [-0.2, 0) is 11.3 Å². The van der Waals surface area contributed by atoms with Gasteiger partial charge in [0.1, 0.15) is 11.3 Å². The Hall–Kier alpha value is -3.80. The third-order valence-corrected chi connectivity index (χ3v) is 5.28. The Labute approximate surface area is 187 Å². The van der Waals surface area contributed by atoms with Crippen molar-refractivity contribution in [2.75, 3.05) is 13.2 Å². The highest BCUT2D eigenvalue weighted by molar-refractivity contribution is 6.00. The standard InChI is InChI=1S/C26H27N3O3/c1-3-31-24-16-25-22(23(17-32-25)20-8-5-4-6-9-20)15-21(24)19(2)14-26(30)28-10-7-12-29-13-11-27-18-29/h4-6,8-9,11,13-18H,3,7,10,12H2,1-2H3,(H,28,30)/b19-14+. The van der Waals surface area contributed by atoms with Gasteiger partial charge in [-0.3, -0.25) is 4.79 Å². The van der Waals surface area contributed by atoms with E-state index in [1.165, 1.54) is 0 Å². The van der Waals surface area contributed by atoms with Gasteiger partial charge in [0.05, 0.1) is 19.2 Å². The summed E-state index contributed by atoms with van der Waals surface area (Å²) in [6.45, 7) is 5.81. The first-order chi connectivity index (χ1) is 15.7. The molecule has 0 fully saturated rings. The lowest BCUT2D eigenvalue weighted by molar-refractivity contribution is -0.116. The minimum Gasteiger partial charge on any atom is -0.493 e. The van der Waals surface area contributed by atoms with E-state index in [2.05, 4.69) is 22.4 Å². The molecule has 0 aliphatic rings. The molecule has 1 amide bonds. The van der Waals surface area contributed by atoms with E-state index >= 15 is 0 Å². The van der Waals surface area contributed by atoms with Crippen molar-refractivity contribution in [3.8, 4) is 16.9 Å². The number of furan rings is 1. The van der Waals surface area contributed by atoms with Crippen LogP contribution in [0.4, 0.5) is 0 Å². The predicted molar refractivity (Wildman–Crippen MR) is 126 cm³/mol. The van der Waals surface area contributed by atoms with Gasteiger partial charge in [-0.15, -0.1) is 0 Å². The largest absolute Gasteiger partial charge is 0.493 e. The van der Waals surface area contributed by atoms with Gasteiger partial charge in [0.15, 0.2) is 0 Å². The smallest absolute Gasteiger partial charge is 0.244 e. The molecule has 0 saturated carbocycles. The van der Waals surface area contributed by atoms with Crippen LogP contribution in [0.2, 0.25) is 0 Å². The number of hydrogen-bond donors (Lipinski definition) is 1. The average Bonchev–Trinajstić information content (AvgIpc) is 3.46. The van der Waals surface area contributed by atoms with Gasteiger partial charge < -0.3 is 19.0 Å². The normalized spacial score (nSPS) is 11.6. The molecule has 2 heterocycles. The maximum Gasteiger partial charge on any atom is 0.244 e. The number of hydrogen-bond acceptors (Lipinski definition) is 4. The third-order valence-electron chi connectivity index (χ3n) is 5.28. The first-order valence-electron chi connectivity index (χ1n) is 10.8. The second-order valence-corrected chi connectivity index (χ2v) is 7.57. The maximum atomic E-state index is 12.5. The number of carbonyl (C=O) groups excluding carboxylic acids is 1. The quantitative estimate of drug-likeness (QED) is 0.289. The topological polar surface area (TPSA) is 69.3 Å². The molecule has 0 aliphatic carbocycles. The Balaban J connectivity index is 1.55. The minimum absolute atomic E-state index is 0.119. The molecule has 1 N–H and O–H groups in total. The Morgan fingerprint density at radius 3 is 2.84 bits per heavy atom. The predicted octanol–water partition coefficient (Wildman–Crippen LogP) is 5.30. The summed E-state index contributed by atoms with van der Waals surface area (Å²) >= 11 is 0. The fraction of sp³-hybridized carbons (Fsp3) is 0.231. The lowest BCUT2D eigenvalue weighted by atomic mass is 9.99. The molecule has 0 saturated heterocycles. The van der Waals surface area contributed by atoms with Crippen LogP contribution >= 0.6 is 0 Å². The van der Waals surface area contributed by atoms with E-state index in [0.717, 1.165) is 46.2 Å². The summed E-state index contributed by atoms with van der Waals surface area (Å²) in [5, 5.41) is 3.95. The molecule has 0 spiro atoms. The van der Waals surface area contributed by atoms with Crippen molar-refractivity contribution in [3.63, 3.8) is 0 Å². The van der Waals surface area contributed by atoms with Crippen molar-refractivity contribution in [2.45, 2.75) is 26.8 Å². The Kier molecular flexibility index (Phi) is 6.70.